The quantitative estimate of drug-likeness (QED) is 0.858. The van der Waals surface area contributed by atoms with Gasteiger partial charge in [-0.3, -0.25) is 4.99 Å². The number of anilines is 1. The van der Waals surface area contributed by atoms with Crippen LogP contribution in [-0.2, 0) is 6.54 Å². The number of hydrogen-bond donors (Lipinski definition) is 2. The Morgan fingerprint density at radius 3 is 2.91 bits per heavy atom. The molecule has 2 heterocycles. The molecule has 1 aromatic carbocycles. The second kappa shape index (κ2) is 6.51. The summed E-state index contributed by atoms with van der Waals surface area (Å²) in [6.45, 7) is 2.81. The number of imidazole rings is 1. The van der Waals surface area contributed by atoms with E-state index in [1.54, 1.807) is 0 Å². The summed E-state index contributed by atoms with van der Waals surface area (Å²) in [6, 6.07) is 4.14. The number of halogens is 1. The zero-order valence-corrected chi connectivity index (χ0v) is 14.8. The van der Waals surface area contributed by atoms with E-state index >= 15 is 0 Å². The Kier molecular flexibility index (Phi) is 4.25. The van der Waals surface area contributed by atoms with Crippen LogP contribution in [0.2, 0.25) is 0 Å². The maximum absolute atomic E-state index is 4.58. The van der Waals surface area contributed by atoms with Crippen molar-refractivity contribution < 1.29 is 0 Å². The Bertz CT molecular complexity index is 730. The third kappa shape index (κ3) is 3.09. The highest BCUT2D eigenvalue weighted by Crippen LogP contribution is 2.33. The fourth-order valence-electron chi connectivity index (χ4n) is 3.61. The molecule has 0 atom stereocenters. The predicted octanol–water partition coefficient (Wildman–Crippen LogP) is 3.75. The average molecular weight is 376 g/mol. The standard InChI is InChI=1S/C17H22BrN5/c18-15-13(22-17-19-8-9-20-17)6-7-14-16(15)23(11-21-14)10-12-4-2-1-3-5-12/h6-7,11-12H,1-5,8-10H2,(H2,19,20,22). The number of benzene rings is 1. The minimum absolute atomic E-state index is 0.783. The zero-order valence-electron chi connectivity index (χ0n) is 13.2. The Hall–Kier alpha value is -1.56. The fourth-order valence-corrected chi connectivity index (χ4v) is 4.28. The van der Waals surface area contributed by atoms with E-state index in [2.05, 4.69) is 53.2 Å². The van der Waals surface area contributed by atoms with Gasteiger partial charge < -0.3 is 15.2 Å². The lowest BCUT2D eigenvalue weighted by atomic mass is 9.89. The van der Waals surface area contributed by atoms with E-state index < -0.39 is 0 Å². The number of nitrogens with zero attached hydrogens (tertiary/aromatic N) is 3. The number of fused-ring (bicyclic) bond motifs is 1. The lowest BCUT2D eigenvalue weighted by Crippen LogP contribution is -2.26. The van der Waals surface area contributed by atoms with Crippen LogP contribution in [0.4, 0.5) is 5.69 Å². The highest BCUT2D eigenvalue weighted by Gasteiger charge is 2.18. The molecule has 2 N–H and O–H groups in total. The van der Waals surface area contributed by atoms with Crippen LogP contribution < -0.4 is 10.6 Å². The van der Waals surface area contributed by atoms with Crippen molar-refractivity contribution in [2.24, 2.45) is 10.9 Å². The normalized spacial score (nSPS) is 18.9. The van der Waals surface area contributed by atoms with Gasteiger partial charge in [-0.1, -0.05) is 19.3 Å². The molecule has 1 aliphatic heterocycles. The van der Waals surface area contributed by atoms with Gasteiger partial charge in [-0.15, -0.1) is 0 Å². The minimum atomic E-state index is 0.783. The van der Waals surface area contributed by atoms with Crippen LogP contribution in [0.5, 0.6) is 0 Å². The summed E-state index contributed by atoms with van der Waals surface area (Å²) in [5.41, 5.74) is 3.26. The lowest BCUT2D eigenvalue weighted by Gasteiger charge is -2.22. The van der Waals surface area contributed by atoms with Gasteiger partial charge in [-0.2, -0.15) is 0 Å². The molecule has 0 unspecified atom stereocenters. The van der Waals surface area contributed by atoms with Gasteiger partial charge in [-0.05, 0) is 46.8 Å². The molecule has 1 fully saturated rings. The Morgan fingerprint density at radius 1 is 1.26 bits per heavy atom. The third-order valence-electron chi connectivity index (χ3n) is 4.83. The first kappa shape index (κ1) is 15.0. The number of aliphatic imine (C=N–C) groups is 1. The summed E-state index contributed by atoms with van der Waals surface area (Å²) < 4.78 is 3.38. The molecule has 4 rings (SSSR count). The Balaban J connectivity index is 1.63. The summed E-state index contributed by atoms with van der Waals surface area (Å²) >= 11 is 3.78. The molecule has 0 saturated heterocycles. The van der Waals surface area contributed by atoms with E-state index in [9.17, 15) is 0 Å². The molecule has 122 valence electrons. The molecule has 5 nitrogen and oxygen atoms in total. The van der Waals surface area contributed by atoms with Crippen LogP contribution in [0.1, 0.15) is 32.1 Å². The van der Waals surface area contributed by atoms with Gasteiger partial charge in [0.15, 0.2) is 5.96 Å². The van der Waals surface area contributed by atoms with Gasteiger partial charge in [0.2, 0.25) is 0 Å². The molecule has 23 heavy (non-hydrogen) atoms. The summed E-state index contributed by atoms with van der Waals surface area (Å²) in [5.74, 6) is 1.63. The summed E-state index contributed by atoms with van der Waals surface area (Å²) in [5, 5.41) is 6.62. The largest absolute Gasteiger partial charge is 0.354 e. The Labute approximate surface area is 144 Å². The molecule has 1 aromatic heterocycles. The van der Waals surface area contributed by atoms with Gasteiger partial charge in [0.1, 0.15) is 0 Å². The van der Waals surface area contributed by atoms with Crippen LogP contribution >= 0.6 is 15.9 Å². The number of hydrogen-bond acceptors (Lipinski definition) is 4. The maximum atomic E-state index is 4.58. The molecule has 1 saturated carbocycles. The molecule has 0 radical (unpaired) electrons. The highest BCUT2D eigenvalue weighted by molar-refractivity contribution is 9.10. The maximum Gasteiger partial charge on any atom is 0.195 e. The molecule has 0 spiro atoms. The second-order valence-corrected chi connectivity index (χ2v) is 7.27. The molecule has 2 aliphatic rings. The van der Waals surface area contributed by atoms with E-state index in [-0.39, 0.29) is 0 Å². The number of guanidine groups is 1. The first-order chi connectivity index (χ1) is 11.3. The van der Waals surface area contributed by atoms with Crippen molar-refractivity contribution >= 4 is 38.6 Å². The van der Waals surface area contributed by atoms with E-state index in [0.29, 0.717) is 0 Å². The lowest BCUT2D eigenvalue weighted by molar-refractivity contribution is 0.322. The van der Waals surface area contributed by atoms with Gasteiger partial charge in [-0.25, -0.2) is 4.98 Å². The van der Waals surface area contributed by atoms with Crippen LogP contribution in [0.25, 0.3) is 11.0 Å². The first-order valence-electron chi connectivity index (χ1n) is 8.50. The van der Waals surface area contributed by atoms with Crippen LogP contribution in [-0.4, -0.2) is 28.6 Å². The van der Waals surface area contributed by atoms with E-state index in [1.807, 2.05) is 6.33 Å². The van der Waals surface area contributed by atoms with Crippen molar-refractivity contribution in [3.8, 4) is 0 Å². The molecule has 0 bridgehead atoms. The predicted molar refractivity (Wildman–Crippen MR) is 97.9 cm³/mol. The van der Waals surface area contributed by atoms with E-state index in [1.165, 1.54) is 37.6 Å². The van der Waals surface area contributed by atoms with E-state index in [4.69, 9.17) is 0 Å². The second-order valence-electron chi connectivity index (χ2n) is 6.48. The SMILES string of the molecule is Brc1c(NC2=NCCN2)ccc2ncn(CC3CCCCC3)c12. The minimum Gasteiger partial charge on any atom is -0.354 e. The van der Waals surface area contributed by atoms with Crippen molar-refractivity contribution in [1.29, 1.82) is 0 Å². The number of aromatic nitrogens is 2. The molecule has 2 aromatic rings. The molecule has 1 aliphatic carbocycles. The topological polar surface area (TPSA) is 54.2 Å². The van der Waals surface area contributed by atoms with Gasteiger partial charge in [0.25, 0.3) is 0 Å². The summed E-state index contributed by atoms with van der Waals surface area (Å²) in [7, 11) is 0. The molecular weight excluding hydrogens is 354 g/mol. The van der Waals surface area contributed by atoms with Gasteiger partial charge in [0.05, 0.1) is 34.1 Å². The fraction of sp³-hybridized carbons (Fsp3) is 0.529. The van der Waals surface area contributed by atoms with Crippen molar-refractivity contribution in [2.45, 2.75) is 38.6 Å². The van der Waals surface area contributed by atoms with Crippen LogP contribution in [0, 0.1) is 5.92 Å². The average Bonchev–Trinajstić information content (AvgIpc) is 3.21. The molecule has 6 heteroatoms. The van der Waals surface area contributed by atoms with Gasteiger partial charge >= 0.3 is 0 Å². The van der Waals surface area contributed by atoms with Crippen molar-refractivity contribution in [3.05, 3.63) is 22.9 Å². The van der Waals surface area contributed by atoms with Gasteiger partial charge in [0, 0.05) is 13.1 Å². The molecular formula is C17H22BrN5. The smallest absolute Gasteiger partial charge is 0.195 e. The highest BCUT2D eigenvalue weighted by atomic mass is 79.9. The number of rotatable bonds is 3. The van der Waals surface area contributed by atoms with Crippen LogP contribution in [0.15, 0.2) is 27.9 Å². The summed E-state index contributed by atoms with van der Waals surface area (Å²) in [4.78, 5) is 8.98. The number of nitrogens with one attached hydrogen (secondary N) is 2. The summed E-state index contributed by atoms with van der Waals surface area (Å²) in [6.07, 6.45) is 8.81. The zero-order chi connectivity index (χ0) is 15.6. The Morgan fingerprint density at radius 2 is 2.13 bits per heavy atom. The first-order valence-corrected chi connectivity index (χ1v) is 9.29. The monoisotopic (exact) mass is 375 g/mol. The molecule has 0 amide bonds. The van der Waals surface area contributed by atoms with E-state index in [0.717, 1.165) is 47.2 Å². The van der Waals surface area contributed by atoms with Crippen molar-refractivity contribution in [1.82, 2.24) is 14.9 Å². The van der Waals surface area contributed by atoms with Crippen molar-refractivity contribution in [3.63, 3.8) is 0 Å². The van der Waals surface area contributed by atoms with Crippen LogP contribution in [0.3, 0.4) is 0 Å². The third-order valence-corrected chi connectivity index (χ3v) is 5.63. The van der Waals surface area contributed by atoms with Crippen molar-refractivity contribution in [2.75, 3.05) is 18.4 Å².